The number of fused-ring (bicyclic) bond motifs is 3. The highest BCUT2D eigenvalue weighted by atomic mass is 16.5. The van der Waals surface area contributed by atoms with E-state index < -0.39 is 6.10 Å². The number of carbonyl (C=O) groups excluding carboxylic acids is 1. The molecule has 2 amide bonds. The number of carbonyl (C=O) groups is 1. The normalized spacial score (nSPS) is 23.1. The monoisotopic (exact) mass is 410 g/mol. The number of ether oxygens (including phenoxy) is 1. The molecule has 0 spiro atoms. The number of aromatic nitrogens is 2. The second-order valence-electron chi connectivity index (χ2n) is 8.75. The Morgan fingerprint density at radius 2 is 1.97 bits per heavy atom. The fraction of sp³-hybridized carbons (Fsp3) is 0.565. The molecule has 3 aliphatic rings. The number of piperidine rings is 1. The maximum atomic E-state index is 12.6. The van der Waals surface area contributed by atoms with E-state index in [-0.39, 0.29) is 24.0 Å². The molecule has 2 fully saturated rings. The second-order valence-corrected chi connectivity index (χ2v) is 8.75. The van der Waals surface area contributed by atoms with Crippen LogP contribution in [0.3, 0.4) is 0 Å². The van der Waals surface area contributed by atoms with Crippen molar-refractivity contribution >= 4 is 6.03 Å². The molecule has 1 aromatic carbocycles. The van der Waals surface area contributed by atoms with Crippen molar-refractivity contribution in [2.75, 3.05) is 26.3 Å². The number of aliphatic hydroxyl groups is 1. The minimum Gasteiger partial charge on any atom is -0.393 e. The molecule has 160 valence electrons. The Kier molecular flexibility index (Phi) is 5.48. The predicted octanol–water partition coefficient (Wildman–Crippen LogP) is 2.80. The first-order chi connectivity index (χ1) is 14.7. The highest BCUT2D eigenvalue weighted by Crippen LogP contribution is 2.42. The van der Waals surface area contributed by atoms with Gasteiger partial charge in [0.1, 0.15) is 0 Å². The maximum absolute atomic E-state index is 12.6. The number of aliphatic hydroxyl groups excluding tert-OH is 1. The fourth-order valence-electron chi connectivity index (χ4n) is 5.19. The smallest absolute Gasteiger partial charge is 0.317 e. The Labute approximate surface area is 177 Å². The highest BCUT2D eigenvalue weighted by molar-refractivity contribution is 5.74. The van der Waals surface area contributed by atoms with Crippen molar-refractivity contribution < 1.29 is 14.6 Å². The summed E-state index contributed by atoms with van der Waals surface area (Å²) in [6, 6.07) is 8.78. The van der Waals surface area contributed by atoms with Crippen LogP contribution in [0.5, 0.6) is 0 Å². The highest BCUT2D eigenvalue weighted by Gasteiger charge is 2.34. The average molecular weight is 411 g/mol. The number of nitrogens with zero attached hydrogens (tertiary/aromatic N) is 3. The summed E-state index contributed by atoms with van der Waals surface area (Å²) in [7, 11) is 0. The van der Waals surface area contributed by atoms with Crippen molar-refractivity contribution in [1.29, 1.82) is 0 Å². The van der Waals surface area contributed by atoms with Gasteiger partial charge in [0.25, 0.3) is 0 Å². The van der Waals surface area contributed by atoms with Crippen LogP contribution < -0.4 is 5.32 Å². The Morgan fingerprint density at radius 1 is 1.20 bits per heavy atom. The first kappa shape index (κ1) is 19.6. The number of likely N-dealkylation sites (tertiary alicyclic amines) is 1. The zero-order valence-corrected chi connectivity index (χ0v) is 17.2. The molecule has 4 heterocycles. The van der Waals surface area contributed by atoms with Crippen molar-refractivity contribution in [3.05, 3.63) is 42.4 Å². The Morgan fingerprint density at radius 3 is 2.77 bits per heavy atom. The van der Waals surface area contributed by atoms with Gasteiger partial charge < -0.3 is 24.6 Å². The third-order valence-electron chi connectivity index (χ3n) is 6.98. The standard InChI is InChI=1S/C23H30N4O3/c28-22(13-20-18-3-1-2-4-19(18)21-14-24-15-27(20)21)16-5-9-26(10-6-16)23(29)25-17-7-11-30-12-8-17/h1-4,14-17,20,22,28H,5-13H2,(H,25,29)/t20?,22-/m1/s1. The molecule has 3 aliphatic heterocycles. The number of hydrogen-bond donors (Lipinski definition) is 2. The zero-order valence-electron chi connectivity index (χ0n) is 17.2. The Bertz CT molecular complexity index is 884. The van der Waals surface area contributed by atoms with E-state index in [0.717, 1.165) is 44.6 Å². The number of rotatable bonds is 4. The van der Waals surface area contributed by atoms with E-state index in [4.69, 9.17) is 4.74 Å². The van der Waals surface area contributed by atoms with E-state index in [2.05, 4.69) is 39.1 Å². The second kappa shape index (κ2) is 8.40. The summed E-state index contributed by atoms with van der Waals surface area (Å²) in [5, 5.41) is 14.2. The number of benzene rings is 1. The summed E-state index contributed by atoms with van der Waals surface area (Å²) in [5.74, 6) is 0.219. The van der Waals surface area contributed by atoms with Crippen LogP contribution in [0.2, 0.25) is 0 Å². The Balaban J connectivity index is 1.17. The quantitative estimate of drug-likeness (QED) is 0.812. The summed E-state index contributed by atoms with van der Waals surface area (Å²) in [4.78, 5) is 18.8. The molecule has 0 radical (unpaired) electrons. The number of urea groups is 1. The lowest BCUT2D eigenvalue weighted by Crippen LogP contribution is -2.50. The van der Waals surface area contributed by atoms with Crippen molar-refractivity contribution in [2.24, 2.45) is 5.92 Å². The first-order valence-electron chi connectivity index (χ1n) is 11.1. The van der Waals surface area contributed by atoms with Crippen LogP contribution in [0.4, 0.5) is 4.79 Å². The first-order valence-corrected chi connectivity index (χ1v) is 11.1. The maximum Gasteiger partial charge on any atom is 0.317 e. The van der Waals surface area contributed by atoms with Gasteiger partial charge in [0.05, 0.1) is 30.4 Å². The van der Waals surface area contributed by atoms with Crippen LogP contribution in [-0.2, 0) is 4.74 Å². The third-order valence-corrected chi connectivity index (χ3v) is 6.98. The van der Waals surface area contributed by atoms with Crippen LogP contribution in [0.15, 0.2) is 36.8 Å². The van der Waals surface area contributed by atoms with Crippen LogP contribution in [0, 0.1) is 5.92 Å². The summed E-state index contributed by atoms with van der Waals surface area (Å²) >= 11 is 0. The van der Waals surface area contributed by atoms with Crippen molar-refractivity contribution in [3.8, 4) is 11.3 Å². The van der Waals surface area contributed by atoms with Gasteiger partial charge in [-0.25, -0.2) is 9.78 Å². The molecule has 7 heteroatoms. The van der Waals surface area contributed by atoms with Gasteiger partial charge in [0.2, 0.25) is 0 Å². The molecule has 2 saturated heterocycles. The molecule has 0 saturated carbocycles. The lowest BCUT2D eigenvalue weighted by atomic mass is 9.86. The van der Waals surface area contributed by atoms with Gasteiger partial charge in [-0.3, -0.25) is 0 Å². The van der Waals surface area contributed by atoms with E-state index in [0.29, 0.717) is 19.5 Å². The van der Waals surface area contributed by atoms with Crippen LogP contribution >= 0.6 is 0 Å². The van der Waals surface area contributed by atoms with Crippen molar-refractivity contribution in [1.82, 2.24) is 19.8 Å². The minimum atomic E-state index is -0.392. The van der Waals surface area contributed by atoms with Crippen molar-refractivity contribution in [3.63, 3.8) is 0 Å². The van der Waals surface area contributed by atoms with Gasteiger partial charge in [-0.15, -0.1) is 0 Å². The molecule has 30 heavy (non-hydrogen) atoms. The minimum absolute atomic E-state index is 0.0302. The molecule has 0 bridgehead atoms. The number of amides is 2. The molecule has 2 N–H and O–H groups in total. The summed E-state index contributed by atoms with van der Waals surface area (Å²) in [6.45, 7) is 2.85. The number of hydrogen-bond acceptors (Lipinski definition) is 4. The molecular formula is C23H30N4O3. The van der Waals surface area contributed by atoms with E-state index in [1.165, 1.54) is 11.1 Å². The predicted molar refractivity (Wildman–Crippen MR) is 113 cm³/mol. The fourth-order valence-corrected chi connectivity index (χ4v) is 5.19. The van der Waals surface area contributed by atoms with Gasteiger partial charge in [0, 0.05) is 37.9 Å². The zero-order chi connectivity index (χ0) is 20.5. The molecule has 2 aromatic rings. The SMILES string of the molecule is O=C(NC1CCOCC1)N1CCC([C@H](O)CC2c3ccccc3-c3cncn32)CC1. The Hall–Kier alpha value is -2.38. The van der Waals surface area contributed by atoms with E-state index in [1.54, 1.807) is 0 Å². The summed E-state index contributed by atoms with van der Waals surface area (Å²) in [5.41, 5.74) is 3.61. The van der Waals surface area contributed by atoms with E-state index >= 15 is 0 Å². The molecule has 5 rings (SSSR count). The molecule has 2 atom stereocenters. The number of nitrogens with one attached hydrogen (secondary N) is 1. The third kappa shape index (κ3) is 3.72. The van der Waals surface area contributed by atoms with Crippen LogP contribution in [-0.4, -0.2) is 64.0 Å². The van der Waals surface area contributed by atoms with Gasteiger partial charge in [-0.1, -0.05) is 24.3 Å². The number of imidazole rings is 1. The topological polar surface area (TPSA) is 79.6 Å². The largest absolute Gasteiger partial charge is 0.393 e. The van der Waals surface area contributed by atoms with Crippen LogP contribution in [0.1, 0.15) is 43.7 Å². The molecule has 0 aliphatic carbocycles. The van der Waals surface area contributed by atoms with E-state index in [9.17, 15) is 9.90 Å². The average Bonchev–Trinajstić information content (AvgIpc) is 3.37. The molecule has 1 unspecified atom stereocenters. The van der Waals surface area contributed by atoms with Crippen LogP contribution in [0.25, 0.3) is 11.3 Å². The summed E-state index contributed by atoms with van der Waals surface area (Å²) < 4.78 is 7.55. The molecule has 1 aromatic heterocycles. The summed E-state index contributed by atoms with van der Waals surface area (Å²) in [6.07, 6.45) is 7.52. The van der Waals surface area contributed by atoms with Gasteiger partial charge in [0.15, 0.2) is 0 Å². The lowest BCUT2D eigenvalue weighted by Gasteiger charge is -2.36. The molecule has 7 nitrogen and oxygen atoms in total. The van der Waals surface area contributed by atoms with Gasteiger partial charge >= 0.3 is 6.03 Å². The van der Waals surface area contributed by atoms with E-state index in [1.807, 2.05) is 17.4 Å². The van der Waals surface area contributed by atoms with Gasteiger partial charge in [-0.2, -0.15) is 0 Å². The van der Waals surface area contributed by atoms with Crippen molar-refractivity contribution in [2.45, 2.75) is 50.3 Å². The van der Waals surface area contributed by atoms with Gasteiger partial charge in [-0.05, 0) is 43.6 Å². The molecular weight excluding hydrogens is 380 g/mol. The lowest BCUT2D eigenvalue weighted by molar-refractivity contribution is 0.0511.